The van der Waals surface area contributed by atoms with Crippen LogP contribution < -0.4 is 9.64 Å². The number of ether oxygens (including phenoxy) is 2. The molecule has 4 aromatic rings. The maximum atomic E-state index is 16.9. The summed E-state index contributed by atoms with van der Waals surface area (Å²) in [6.45, 7) is 10.8. The van der Waals surface area contributed by atoms with E-state index >= 15 is 8.78 Å². The Morgan fingerprint density at radius 1 is 1.00 bits per heavy atom. The van der Waals surface area contributed by atoms with Gasteiger partial charge in [0.05, 0.1) is 23.0 Å². The molecule has 0 spiro atoms. The third kappa shape index (κ3) is 5.12. The first-order chi connectivity index (χ1) is 23.0. The highest BCUT2D eigenvalue weighted by molar-refractivity contribution is 5.99. The number of hydrogen-bond acceptors (Lipinski definition) is 8. The number of pyridine rings is 1. The number of piperazine rings is 1. The molecule has 0 aliphatic carbocycles. The third-order valence-corrected chi connectivity index (χ3v) is 10.9. The number of rotatable bonds is 5. The first kappa shape index (κ1) is 31.2. The van der Waals surface area contributed by atoms with Crippen LogP contribution in [-0.4, -0.2) is 86.4 Å². The third-order valence-electron chi connectivity index (χ3n) is 10.9. The molecule has 3 atom stereocenters. The summed E-state index contributed by atoms with van der Waals surface area (Å²) in [5.41, 5.74) is -0.223. The fourth-order valence-electron chi connectivity index (χ4n) is 8.77. The van der Waals surface area contributed by atoms with Gasteiger partial charge in [-0.15, -0.1) is 0 Å². The molecule has 0 radical (unpaired) electrons. The van der Waals surface area contributed by atoms with E-state index in [1.807, 2.05) is 25.7 Å². The first-order valence-electron chi connectivity index (χ1n) is 17.2. The van der Waals surface area contributed by atoms with E-state index in [0.29, 0.717) is 40.6 Å². The molecule has 4 saturated heterocycles. The number of carbonyl (C=O) groups is 1. The fraction of sp³-hybridized carbons (Fsp3) is 0.514. The molecule has 4 aliphatic rings. The summed E-state index contributed by atoms with van der Waals surface area (Å²) in [6, 6.07) is 10.0. The second-order valence-corrected chi connectivity index (χ2v) is 14.9. The predicted molar refractivity (Wildman–Crippen MR) is 180 cm³/mol. The summed E-state index contributed by atoms with van der Waals surface area (Å²) < 4.78 is 44.4. The monoisotopic (exact) mass is 656 g/mol. The Bertz CT molecular complexity index is 1880. The molecule has 0 saturated carbocycles. The zero-order valence-electron chi connectivity index (χ0n) is 28.0. The van der Waals surface area contributed by atoms with Crippen LogP contribution in [-0.2, 0) is 4.74 Å². The summed E-state index contributed by atoms with van der Waals surface area (Å²) in [6.07, 6.45) is 7.07. The lowest BCUT2D eigenvalue weighted by atomic mass is 9.88. The molecule has 6 heterocycles. The molecular formula is C37H42F2N6O3. The minimum atomic E-state index is -0.652. The smallest absolute Gasteiger partial charge is 0.410 e. The van der Waals surface area contributed by atoms with E-state index in [4.69, 9.17) is 19.4 Å². The quantitative estimate of drug-likeness (QED) is 0.225. The van der Waals surface area contributed by atoms with Gasteiger partial charge in [-0.2, -0.15) is 9.97 Å². The topological polar surface area (TPSA) is 83.9 Å². The van der Waals surface area contributed by atoms with Crippen molar-refractivity contribution in [3.8, 4) is 17.3 Å². The van der Waals surface area contributed by atoms with Crippen molar-refractivity contribution in [1.29, 1.82) is 0 Å². The van der Waals surface area contributed by atoms with E-state index in [2.05, 4.69) is 21.7 Å². The molecule has 1 unspecified atom stereocenters. The molecule has 48 heavy (non-hydrogen) atoms. The van der Waals surface area contributed by atoms with Crippen molar-refractivity contribution >= 4 is 33.6 Å². The van der Waals surface area contributed by atoms with Gasteiger partial charge in [-0.25, -0.2) is 13.6 Å². The number of fused-ring (bicyclic) bond motifs is 5. The average molecular weight is 657 g/mol. The minimum Gasteiger partial charge on any atom is -0.458 e. The summed E-state index contributed by atoms with van der Waals surface area (Å²) in [5, 5.41) is 1.41. The van der Waals surface area contributed by atoms with Crippen LogP contribution in [0.2, 0.25) is 0 Å². The maximum Gasteiger partial charge on any atom is 0.410 e. The Labute approximate surface area is 279 Å². The second-order valence-electron chi connectivity index (χ2n) is 14.9. The molecule has 9 nitrogen and oxygen atoms in total. The normalized spacial score (nSPS) is 22.8. The lowest BCUT2D eigenvalue weighted by Crippen LogP contribution is -2.57. The van der Waals surface area contributed by atoms with Gasteiger partial charge < -0.3 is 14.4 Å². The number of carbonyl (C=O) groups excluding carboxylic acids is 1. The largest absolute Gasteiger partial charge is 0.458 e. The van der Waals surface area contributed by atoms with Crippen LogP contribution in [0.3, 0.4) is 0 Å². The van der Waals surface area contributed by atoms with E-state index < -0.39 is 17.2 Å². The van der Waals surface area contributed by atoms with Crippen LogP contribution in [0, 0.1) is 11.6 Å². The first-order valence-corrected chi connectivity index (χ1v) is 17.2. The van der Waals surface area contributed by atoms with Gasteiger partial charge in [-0.1, -0.05) is 30.3 Å². The van der Waals surface area contributed by atoms with Crippen molar-refractivity contribution in [3.63, 3.8) is 0 Å². The fourth-order valence-corrected chi connectivity index (χ4v) is 8.77. The van der Waals surface area contributed by atoms with E-state index in [9.17, 15) is 4.79 Å². The Hall–Kier alpha value is -4.12. The van der Waals surface area contributed by atoms with Crippen molar-refractivity contribution in [2.24, 2.45) is 0 Å². The Morgan fingerprint density at radius 2 is 1.69 bits per heavy atom. The highest BCUT2D eigenvalue weighted by Gasteiger charge is 2.50. The Kier molecular flexibility index (Phi) is 7.46. The predicted octanol–water partition coefficient (Wildman–Crippen LogP) is 7.11. The maximum absolute atomic E-state index is 16.9. The SMILES string of the molecule is CC(Oc1nc(N2C[C@H]3CC[C@@H](C2)N3C(=O)OC(C)(C)C)c2cnc(-c3cccc4cccc(F)c34)c(F)c2n1)C12CCCN1CCC2. The molecule has 1 amide bonds. The number of halogens is 2. The van der Waals surface area contributed by atoms with Crippen LogP contribution in [0.15, 0.2) is 42.6 Å². The summed E-state index contributed by atoms with van der Waals surface area (Å²) in [7, 11) is 0. The van der Waals surface area contributed by atoms with E-state index in [0.717, 1.165) is 51.6 Å². The highest BCUT2D eigenvalue weighted by Crippen LogP contribution is 2.43. The molecule has 11 heteroatoms. The molecule has 2 bridgehead atoms. The molecule has 4 fully saturated rings. The average Bonchev–Trinajstić information content (AvgIpc) is 3.72. The zero-order chi connectivity index (χ0) is 33.4. The van der Waals surface area contributed by atoms with Crippen LogP contribution >= 0.6 is 0 Å². The second kappa shape index (κ2) is 11.5. The summed E-state index contributed by atoms with van der Waals surface area (Å²) in [4.78, 5) is 33.9. The van der Waals surface area contributed by atoms with Gasteiger partial charge in [0, 0.05) is 30.2 Å². The summed E-state index contributed by atoms with van der Waals surface area (Å²) >= 11 is 0. The van der Waals surface area contributed by atoms with Crippen LogP contribution in [0.4, 0.5) is 19.4 Å². The van der Waals surface area contributed by atoms with Gasteiger partial charge in [0.1, 0.15) is 34.6 Å². The van der Waals surface area contributed by atoms with Gasteiger partial charge >= 0.3 is 12.1 Å². The highest BCUT2D eigenvalue weighted by atomic mass is 19.1. The number of hydrogen-bond donors (Lipinski definition) is 0. The van der Waals surface area contributed by atoms with Gasteiger partial charge in [-0.05, 0) is 90.8 Å². The van der Waals surface area contributed by atoms with Gasteiger partial charge in [0.2, 0.25) is 0 Å². The molecule has 4 aliphatic heterocycles. The number of anilines is 1. The lowest BCUT2D eigenvalue weighted by molar-refractivity contribution is 0.0122. The van der Waals surface area contributed by atoms with Crippen molar-refractivity contribution in [1.82, 2.24) is 24.8 Å². The molecular weight excluding hydrogens is 614 g/mol. The number of amides is 1. The van der Waals surface area contributed by atoms with Gasteiger partial charge in [0.15, 0.2) is 5.82 Å². The minimum absolute atomic E-state index is 0.0213. The standard InChI is InChI=1S/C37H42F2N6O3/c1-22(37-15-7-17-44(37)18-8-16-37)47-34-41-32-27(19-40-31(30(32)39)26-11-5-9-23-10-6-12-28(38)29(23)26)33(42-34)43-20-24-13-14-25(21-43)45(24)35(46)48-36(2,3)4/h5-6,9-12,19,22,24-25H,7-8,13-18,20-21H2,1-4H3/t22?,24-,25+. The molecule has 2 aromatic heterocycles. The van der Waals surface area contributed by atoms with Gasteiger partial charge in [0.25, 0.3) is 0 Å². The van der Waals surface area contributed by atoms with Crippen molar-refractivity contribution < 1.29 is 23.0 Å². The van der Waals surface area contributed by atoms with Crippen LogP contribution in [0.5, 0.6) is 6.01 Å². The number of benzene rings is 2. The number of nitrogens with zero attached hydrogens (tertiary/aromatic N) is 6. The molecule has 2 aromatic carbocycles. The van der Waals surface area contributed by atoms with Crippen LogP contribution in [0.1, 0.15) is 66.2 Å². The molecule has 252 valence electrons. The molecule has 8 rings (SSSR count). The van der Waals surface area contributed by atoms with E-state index in [-0.39, 0.29) is 47.0 Å². The van der Waals surface area contributed by atoms with Crippen molar-refractivity contribution in [2.75, 3.05) is 31.1 Å². The van der Waals surface area contributed by atoms with E-state index in [1.54, 1.807) is 36.5 Å². The van der Waals surface area contributed by atoms with Crippen LogP contribution in [0.25, 0.3) is 32.9 Å². The van der Waals surface area contributed by atoms with E-state index in [1.165, 1.54) is 6.07 Å². The van der Waals surface area contributed by atoms with Crippen molar-refractivity contribution in [3.05, 3.63) is 54.2 Å². The number of aromatic nitrogens is 3. The zero-order valence-corrected chi connectivity index (χ0v) is 28.0. The molecule has 0 N–H and O–H groups in total. The summed E-state index contributed by atoms with van der Waals surface area (Å²) in [5.74, 6) is -0.570. The Morgan fingerprint density at radius 3 is 2.38 bits per heavy atom. The lowest BCUT2D eigenvalue weighted by Gasteiger charge is -2.42. The van der Waals surface area contributed by atoms with Gasteiger partial charge in [-0.3, -0.25) is 14.8 Å². The Balaban J connectivity index is 1.22. The van der Waals surface area contributed by atoms with Crippen molar-refractivity contribution in [2.45, 2.75) is 95.5 Å².